The SMILES string of the molecule is CCCC1NC(C(C)CC)C(=O)N1CC1CCOC1C. The Morgan fingerprint density at radius 3 is 2.75 bits per heavy atom. The second-order valence-corrected chi connectivity index (χ2v) is 6.45. The van der Waals surface area contributed by atoms with Crippen molar-refractivity contribution in [2.24, 2.45) is 11.8 Å². The standard InChI is InChI=1S/C16H30N2O2/c1-5-7-14-17-15(11(3)6-2)16(19)18(14)10-13-8-9-20-12(13)4/h11-15,17H,5-10H2,1-4H3. The van der Waals surface area contributed by atoms with Gasteiger partial charge in [-0.1, -0.05) is 33.6 Å². The van der Waals surface area contributed by atoms with E-state index >= 15 is 0 Å². The Labute approximate surface area is 123 Å². The third-order valence-corrected chi connectivity index (χ3v) is 5.04. The third-order valence-electron chi connectivity index (χ3n) is 5.04. The first-order valence-corrected chi connectivity index (χ1v) is 8.26. The number of carbonyl (C=O) groups excluding carboxylic acids is 1. The van der Waals surface area contributed by atoms with Gasteiger partial charge in [0.05, 0.1) is 18.3 Å². The zero-order valence-electron chi connectivity index (χ0n) is 13.4. The number of amides is 1. The molecule has 2 aliphatic rings. The van der Waals surface area contributed by atoms with E-state index < -0.39 is 0 Å². The number of rotatable bonds is 6. The van der Waals surface area contributed by atoms with E-state index in [9.17, 15) is 4.79 Å². The molecule has 4 heteroatoms. The van der Waals surface area contributed by atoms with Gasteiger partial charge in [0, 0.05) is 19.1 Å². The molecule has 116 valence electrons. The van der Waals surface area contributed by atoms with Crippen LogP contribution in [0.2, 0.25) is 0 Å². The van der Waals surface area contributed by atoms with Gasteiger partial charge in [0.25, 0.3) is 0 Å². The van der Waals surface area contributed by atoms with Crippen molar-refractivity contribution in [2.75, 3.05) is 13.2 Å². The number of nitrogens with one attached hydrogen (secondary N) is 1. The highest BCUT2D eigenvalue weighted by Crippen LogP contribution is 2.27. The smallest absolute Gasteiger partial charge is 0.241 e. The van der Waals surface area contributed by atoms with E-state index in [2.05, 4.69) is 37.9 Å². The van der Waals surface area contributed by atoms with Crippen molar-refractivity contribution in [1.82, 2.24) is 10.2 Å². The molecule has 0 spiro atoms. The molecule has 0 aromatic rings. The molecule has 0 saturated carbocycles. The number of ether oxygens (including phenoxy) is 1. The lowest BCUT2D eigenvalue weighted by Crippen LogP contribution is -2.41. The summed E-state index contributed by atoms with van der Waals surface area (Å²) in [6.07, 6.45) is 4.77. The normalized spacial score (nSPS) is 35.8. The van der Waals surface area contributed by atoms with Gasteiger partial charge in [-0.15, -0.1) is 0 Å². The molecule has 2 heterocycles. The van der Waals surface area contributed by atoms with Gasteiger partial charge >= 0.3 is 0 Å². The first-order valence-electron chi connectivity index (χ1n) is 8.26. The van der Waals surface area contributed by atoms with Crippen LogP contribution in [0.15, 0.2) is 0 Å². The van der Waals surface area contributed by atoms with Crippen LogP contribution in [0.25, 0.3) is 0 Å². The number of hydrogen-bond acceptors (Lipinski definition) is 3. The Bertz CT molecular complexity index is 334. The van der Waals surface area contributed by atoms with Gasteiger partial charge in [-0.2, -0.15) is 0 Å². The second-order valence-electron chi connectivity index (χ2n) is 6.45. The Balaban J connectivity index is 2.04. The number of nitrogens with zero attached hydrogens (tertiary/aromatic N) is 1. The van der Waals surface area contributed by atoms with Crippen molar-refractivity contribution in [3.8, 4) is 0 Å². The average Bonchev–Trinajstić information content (AvgIpc) is 2.97. The summed E-state index contributed by atoms with van der Waals surface area (Å²) in [5.41, 5.74) is 0. The summed E-state index contributed by atoms with van der Waals surface area (Å²) in [5.74, 6) is 1.21. The maximum atomic E-state index is 12.7. The molecule has 0 aromatic carbocycles. The minimum absolute atomic E-state index is 0.00850. The van der Waals surface area contributed by atoms with Crippen molar-refractivity contribution >= 4 is 5.91 Å². The van der Waals surface area contributed by atoms with Crippen LogP contribution in [0.1, 0.15) is 53.4 Å². The van der Waals surface area contributed by atoms with Crippen LogP contribution >= 0.6 is 0 Å². The molecule has 2 rings (SSSR count). The largest absolute Gasteiger partial charge is 0.378 e. The molecular formula is C16H30N2O2. The summed E-state index contributed by atoms with van der Waals surface area (Å²) < 4.78 is 5.64. The molecule has 0 radical (unpaired) electrons. The van der Waals surface area contributed by atoms with Crippen LogP contribution in [0.3, 0.4) is 0 Å². The average molecular weight is 282 g/mol. The van der Waals surface area contributed by atoms with Gasteiger partial charge in [0.15, 0.2) is 0 Å². The fourth-order valence-corrected chi connectivity index (χ4v) is 3.34. The zero-order valence-corrected chi connectivity index (χ0v) is 13.4. The lowest BCUT2D eigenvalue weighted by Gasteiger charge is -2.28. The van der Waals surface area contributed by atoms with Crippen molar-refractivity contribution in [2.45, 2.75) is 71.7 Å². The zero-order chi connectivity index (χ0) is 14.7. The summed E-state index contributed by atoms with van der Waals surface area (Å²) in [5, 5.41) is 3.57. The molecule has 0 aliphatic carbocycles. The molecular weight excluding hydrogens is 252 g/mol. The fraction of sp³-hybridized carbons (Fsp3) is 0.938. The Morgan fingerprint density at radius 2 is 2.20 bits per heavy atom. The van der Waals surface area contributed by atoms with Crippen molar-refractivity contribution in [3.05, 3.63) is 0 Å². The molecule has 20 heavy (non-hydrogen) atoms. The molecule has 2 saturated heterocycles. The highest BCUT2D eigenvalue weighted by molar-refractivity contribution is 5.84. The summed E-state index contributed by atoms with van der Waals surface area (Å²) in [4.78, 5) is 14.8. The van der Waals surface area contributed by atoms with Gasteiger partial charge in [0.1, 0.15) is 0 Å². The van der Waals surface area contributed by atoms with Gasteiger partial charge in [-0.25, -0.2) is 0 Å². The van der Waals surface area contributed by atoms with Gasteiger partial charge in [-0.3, -0.25) is 10.1 Å². The van der Waals surface area contributed by atoms with E-state index in [0.29, 0.717) is 17.7 Å². The topological polar surface area (TPSA) is 41.6 Å². The number of hydrogen-bond donors (Lipinski definition) is 1. The lowest BCUT2D eigenvalue weighted by atomic mass is 9.98. The quantitative estimate of drug-likeness (QED) is 0.813. The molecule has 0 aromatic heterocycles. The van der Waals surface area contributed by atoms with E-state index in [1.807, 2.05) is 0 Å². The van der Waals surface area contributed by atoms with Crippen molar-refractivity contribution < 1.29 is 9.53 Å². The molecule has 4 nitrogen and oxygen atoms in total. The molecule has 1 amide bonds. The fourth-order valence-electron chi connectivity index (χ4n) is 3.34. The highest BCUT2D eigenvalue weighted by Gasteiger charge is 2.42. The maximum absolute atomic E-state index is 12.7. The molecule has 5 atom stereocenters. The monoisotopic (exact) mass is 282 g/mol. The van der Waals surface area contributed by atoms with Crippen molar-refractivity contribution in [3.63, 3.8) is 0 Å². The van der Waals surface area contributed by atoms with Gasteiger partial charge < -0.3 is 9.64 Å². The van der Waals surface area contributed by atoms with E-state index in [1.165, 1.54) is 0 Å². The second kappa shape index (κ2) is 6.90. The molecule has 2 aliphatic heterocycles. The van der Waals surface area contributed by atoms with Gasteiger partial charge in [0.2, 0.25) is 5.91 Å². The van der Waals surface area contributed by atoms with Crippen LogP contribution in [0.5, 0.6) is 0 Å². The van der Waals surface area contributed by atoms with E-state index in [1.54, 1.807) is 0 Å². The Kier molecular flexibility index (Phi) is 5.44. The van der Waals surface area contributed by atoms with Gasteiger partial charge in [-0.05, 0) is 25.7 Å². The van der Waals surface area contributed by atoms with E-state index in [0.717, 1.165) is 38.8 Å². The molecule has 2 fully saturated rings. The highest BCUT2D eigenvalue weighted by atomic mass is 16.5. The third kappa shape index (κ3) is 3.17. The molecule has 1 N–H and O–H groups in total. The first kappa shape index (κ1) is 15.8. The maximum Gasteiger partial charge on any atom is 0.241 e. The minimum atomic E-state index is 0.00850. The number of carbonyl (C=O) groups is 1. The summed E-state index contributed by atoms with van der Waals surface area (Å²) in [6, 6.07) is 0.00850. The van der Waals surface area contributed by atoms with E-state index in [4.69, 9.17) is 4.74 Å². The molecule has 5 unspecified atom stereocenters. The predicted molar refractivity (Wildman–Crippen MR) is 80.3 cm³/mol. The lowest BCUT2D eigenvalue weighted by molar-refractivity contribution is -0.131. The van der Waals surface area contributed by atoms with E-state index in [-0.39, 0.29) is 18.3 Å². The predicted octanol–water partition coefficient (Wildman–Crippen LogP) is 2.38. The van der Waals surface area contributed by atoms with Crippen LogP contribution in [0, 0.1) is 11.8 Å². The summed E-state index contributed by atoms with van der Waals surface area (Å²) >= 11 is 0. The first-order chi connectivity index (χ1) is 9.58. The summed E-state index contributed by atoms with van der Waals surface area (Å²) in [7, 11) is 0. The van der Waals surface area contributed by atoms with Crippen LogP contribution in [-0.4, -0.2) is 42.3 Å². The van der Waals surface area contributed by atoms with Crippen LogP contribution in [0.4, 0.5) is 0 Å². The van der Waals surface area contributed by atoms with Crippen molar-refractivity contribution in [1.29, 1.82) is 0 Å². The Hall–Kier alpha value is -0.610. The van der Waals surface area contributed by atoms with Crippen LogP contribution < -0.4 is 5.32 Å². The Morgan fingerprint density at radius 1 is 1.45 bits per heavy atom. The van der Waals surface area contributed by atoms with Crippen LogP contribution in [-0.2, 0) is 9.53 Å². The minimum Gasteiger partial charge on any atom is -0.378 e. The summed E-state index contributed by atoms with van der Waals surface area (Å²) in [6.45, 7) is 10.3. The molecule has 0 bridgehead atoms.